The molecule has 20 heavy (non-hydrogen) atoms. The molecule has 3 heteroatoms. The first-order valence-corrected chi connectivity index (χ1v) is 6.25. The molecule has 0 atom stereocenters. The fraction of sp³-hybridized carbons (Fsp3) is 0. The summed E-state index contributed by atoms with van der Waals surface area (Å²) in [4.78, 5) is 8.57. The number of allylic oxidation sites excluding steroid dienone is 1. The average Bonchev–Trinajstić information content (AvgIpc) is 2.53. The number of para-hydroxylation sites is 1. The van der Waals surface area contributed by atoms with Crippen molar-refractivity contribution in [2.24, 2.45) is 0 Å². The number of aromatic nitrogens is 2. The van der Waals surface area contributed by atoms with Gasteiger partial charge in [0.15, 0.2) is 0 Å². The summed E-state index contributed by atoms with van der Waals surface area (Å²) in [6.45, 7) is 0. The lowest BCUT2D eigenvalue weighted by Gasteiger charge is -2.02. The van der Waals surface area contributed by atoms with E-state index in [9.17, 15) is 5.26 Å². The van der Waals surface area contributed by atoms with Crippen molar-refractivity contribution >= 4 is 22.6 Å². The fourth-order valence-electron chi connectivity index (χ4n) is 2.01. The molecule has 0 saturated carbocycles. The Kier molecular flexibility index (Phi) is 3.22. The maximum atomic E-state index is 9.33. The van der Waals surface area contributed by atoms with E-state index in [1.807, 2.05) is 48.5 Å². The van der Waals surface area contributed by atoms with Crippen LogP contribution in [0.4, 0.5) is 0 Å². The summed E-state index contributed by atoms with van der Waals surface area (Å²) in [5.74, 6) is 0. The molecule has 0 amide bonds. The van der Waals surface area contributed by atoms with Crippen molar-refractivity contribution in [1.82, 2.24) is 9.97 Å². The van der Waals surface area contributed by atoms with Gasteiger partial charge in [0, 0.05) is 17.8 Å². The van der Waals surface area contributed by atoms with Crippen LogP contribution in [-0.2, 0) is 0 Å². The molecule has 2 aromatic heterocycles. The van der Waals surface area contributed by atoms with E-state index in [0.29, 0.717) is 11.3 Å². The molecular weight excluding hydrogens is 246 g/mol. The van der Waals surface area contributed by atoms with Gasteiger partial charge in [-0.15, -0.1) is 0 Å². The number of rotatable bonds is 2. The molecule has 2 heterocycles. The molecule has 0 N–H and O–H groups in total. The van der Waals surface area contributed by atoms with Crippen LogP contribution in [0.1, 0.15) is 11.3 Å². The summed E-state index contributed by atoms with van der Waals surface area (Å²) in [5, 5.41) is 10.4. The minimum Gasteiger partial charge on any atom is -0.264 e. The molecule has 0 unspecified atom stereocenters. The number of pyridine rings is 2. The van der Waals surface area contributed by atoms with Gasteiger partial charge >= 0.3 is 0 Å². The molecule has 0 radical (unpaired) electrons. The van der Waals surface area contributed by atoms with E-state index in [1.54, 1.807) is 18.5 Å². The van der Waals surface area contributed by atoms with E-state index >= 15 is 0 Å². The van der Waals surface area contributed by atoms with E-state index in [1.165, 1.54) is 0 Å². The predicted octanol–water partition coefficient (Wildman–Crippen LogP) is 3.69. The highest BCUT2D eigenvalue weighted by atomic mass is 14.7. The second-order valence-corrected chi connectivity index (χ2v) is 4.35. The molecule has 0 aliphatic rings. The van der Waals surface area contributed by atoms with Crippen LogP contribution >= 0.6 is 0 Å². The summed E-state index contributed by atoms with van der Waals surface area (Å²) in [6, 6.07) is 17.7. The Bertz CT molecular complexity index is 814. The van der Waals surface area contributed by atoms with Crippen LogP contribution in [0.3, 0.4) is 0 Å². The second kappa shape index (κ2) is 5.33. The Morgan fingerprint density at radius 3 is 2.75 bits per heavy atom. The molecule has 0 aliphatic heterocycles. The quantitative estimate of drug-likeness (QED) is 0.658. The summed E-state index contributed by atoms with van der Waals surface area (Å²) in [7, 11) is 0. The van der Waals surface area contributed by atoms with Gasteiger partial charge < -0.3 is 0 Å². The first-order chi connectivity index (χ1) is 9.86. The first-order valence-electron chi connectivity index (χ1n) is 6.25. The zero-order chi connectivity index (χ0) is 13.8. The van der Waals surface area contributed by atoms with Gasteiger partial charge in [0.2, 0.25) is 0 Å². The summed E-state index contributed by atoms with van der Waals surface area (Å²) >= 11 is 0. The molecule has 94 valence electrons. The van der Waals surface area contributed by atoms with Crippen LogP contribution < -0.4 is 0 Å². The van der Waals surface area contributed by atoms with E-state index in [0.717, 1.165) is 16.5 Å². The van der Waals surface area contributed by atoms with Gasteiger partial charge in [0.1, 0.15) is 6.07 Å². The van der Waals surface area contributed by atoms with Gasteiger partial charge in [-0.25, -0.2) is 4.98 Å². The van der Waals surface area contributed by atoms with Gasteiger partial charge in [-0.3, -0.25) is 4.98 Å². The van der Waals surface area contributed by atoms with Gasteiger partial charge in [0.05, 0.1) is 16.8 Å². The Morgan fingerprint density at radius 2 is 1.95 bits per heavy atom. The van der Waals surface area contributed by atoms with Crippen LogP contribution in [0.5, 0.6) is 0 Å². The number of hydrogen-bond acceptors (Lipinski definition) is 3. The molecule has 0 bridgehead atoms. The monoisotopic (exact) mass is 257 g/mol. The summed E-state index contributed by atoms with van der Waals surface area (Å²) in [5.41, 5.74) is 2.98. The summed E-state index contributed by atoms with van der Waals surface area (Å²) in [6.07, 6.45) is 5.22. The zero-order valence-corrected chi connectivity index (χ0v) is 10.7. The lowest BCUT2D eigenvalue weighted by Crippen LogP contribution is -1.89. The number of benzene rings is 1. The van der Waals surface area contributed by atoms with E-state index in [2.05, 4.69) is 16.0 Å². The first kappa shape index (κ1) is 12.1. The largest absolute Gasteiger partial charge is 0.264 e. The molecule has 0 spiro atoms. The molecule has 3 nitrogen and oxygen atoms in total. The number of nitrogens with zero attached hydrogens (tertiary/aromatic N) is 3. The van der Waals surface area contributed by atoms with Crippen molar-refractivity contribution in [3.8, 4) is 6.07 Å². The Hall–Kier alpha value is -2.99. The van der Waals surface area contributed by atoms with E-state index in [4.69, 9.17) is 0 Å². The Morgan fingerprint density at radius 1 is 1.05 bits per heavy atom. The van der Waals surface area contributed by atoms with Crippen molar-refractivity contribution in [2.75, 3.05) is 0 Å². The van der Waals surface area contributed by atoms with Gasteiger partial charge in [0.25, 0.3) is 0 Å². The molecule has 3 rings (SSSR count). The molecule has 0 aliphatic carbocycles. The molecule has 3 aromatic rings. The fourth-order valence-corrected chi connectivity index (χ4v) is 2.01. The Labute approximate surface area is 116 Å². The average molecular weight is 257 g/mol. The van der Waals surface area contributed by atoms with E-state index < -0.39 is 0 Å². The maximum absolute atomic E-state index is 9.33. The van der Waals surface area contributed by atoms with Crippen LogP contribution in [0.2, 0.25) is 0 Å². The Balaban J connectivity index is 2.08. The topological polar surface area (TPSA) is 49.6 Å². The number of nitriles is 1. The van der Waals surface area contributed by atoms with E-state index in [-0.39, 0.29) is 0 Å². The minimum atomic E-state index is 0.531. The smallest absolute Gasteiger partial charge is 0.101 e. The van der Waals surface area contributed by atoms with Crippen molar-refractivity contribution in [3.05, 3.63) is 72.2 Å². The van der Waals surface area contributed by atoms with Crippen LogP contribution in [0.25, 0.3) is 22.6 Å². The molecular formula is C17H11N3. The van der Waals surface area contributed by atoms with Gasteiger partial charge in [-0.2, -0.15) is 5.26 Å². The predicted molar refractivity (Wildman–Crippen MR) is 79.5 cm³/mol. The molecule has 1 aromatic carbocycles. The van der Waals surface area contributed by atoms with Crippen molar-refractivity contribution < 1.29 is 0 Å². The normalized spacial score (nSPS) is 11.2. The third-order valence-electron chi connectivity index (χ3n) is 2.99. The van der Waals surface area contributed by atoms with Crippen LogP contribution in [0, 0.1) is 11.3 Å². The number of hydrogen-bond donors (Lipinski definition) is 0. The van der Waals surface area contributed by atoms with Crippen molar-refractivity contribution in [2.45, 2.75) is 0 Å². The maximum Gasteiger partial charge on any atom is 0.101 e. The highest BCUT2D eigenvalue weighted by molar-refractivity contribution is 5.90. The third kappa shape index (κ3) is 2.40. The lowest BCUT2D eigenvalue weighted by molar-refractivity contribution is 1.31. The second-order valence-electron chi connectivity index (χ2n) is 4.35. The third-order valence-corrected chi connectivity index (χ3v) is 2.99. The van der Waals surface area contributed by atoms with Gasteiger partial charge in [-0.05, 0) is 29.8 Å². The lowest BCUT2D eigenvalue weighted by atomic mass is 10.1. The molecule has 0 fully saturated rings. The number of fused-ring (bicyclic) bond motifs is 1. The van der Waals surface area contributed by atoms with Crippen LogP contribution in [0.15, 0.2) is 60.9 Å². The van der Waals surface area contributed by atoms with Crippen molar-refractivity contribution in [1.29, 1.82) is 5.26 Å². The SMILES string of the molecule is N#C/C(=C\c1cccnc1)c1ccc2ccccc2n1. The molecule has 0 saturated heterocycles. The van der Waals surface area contributed by atoms with Crippen LogP contribution in [-0.4, -0.2) is 9.97 Å². The highest BCUT2D eigenvalue weighted by Gasteiger charge is 2.04. The van der Waals surface area contributed by atoms with Crippen molar-refractivity contribution in [3.63, 3.8) is 0 Å². The minimum absolute atomic E-state index is 0.531. The standard InChI is InChI=1S/C17H11N3/c18-11-15(10-13-4-3-9-19-12-13)17-8-7-14-5-1-2-6-16(14)20-17/h1-10,12H/b15-10+. The summed E-state index contributed by atoms with van der Waals surface area (Å²) < 4.78 is 0. The zero-order valence-electron chi connectivity index (χ0n) is 10.7. The van der Waals surface area contributed by atoms with Gasteiger partial charge in [-0.1, -0.05) is 30.3 Å². The highest BCUT2D eigenvalue weighted by Crippen LogP contribution is 2.19.